The molecule has 6 heteroatoms. The Labute approximate surface area is 180 Å². The zero-order valence-corrected chi connectivity index (χ0v) is 17.7. The number of hydrogen-bond acceptors (Lipinski definition) is 4. The van der Waals surface area contributed by atoms with Crippen molar-refractivity contribution < 1.29 is 9.59 Å². The molecule has 0 atom stereocenters. The molecular formula is C24H25N3O2S. The number of thiophene rings is 1. The number of benzene rings is 2. The van der Waals surface area contributed by atoms with Crippen LogP contribution in [0, 0.1) is 0 Å². The van der Waals surface area contributed by atoms with Gasteiger partial charge in [-0.15, -0.1) is 11.3 Å². The van der Waals surface area contributed by atoms with E-state index in [1.165, 1.54) is 16.2 Å². The van der Waals surface area contributed by atoms with Crippen LogP contribution in [0.2, 0.25) is 0 Å². The van der Waals surface area contributed by atoms with Crippen molar-refractivity contribution in [2.45, 2.75) is 25.3 Å². The van der Waals surface area contributed by atoms with Gasteiger partial charge in [0.2, 0.25) is 5.91 Å². The zero-order chi connectivity index (χ0) is 21.1. The van der Waals surface area contributed by atoms with E-state index in [1.54, 1.807) is 0 Å². The Morgan fingerprint density at radius 2 is 1.63 bits per heavy atom. The van der Waals surface area contributed by atoms with Gasteiger partial charge in [0.05, 0.1) is 18.2 Å². The summed E-state index contributed by atoms with van der Waals surface area (Å²) in [7, 11) is 1.94. The largest absolute Gasteiger partial charge is 0.365 e. The molecule has 3 N–H and O–H groups in total. The second-order valence-corrected chi connectivity index (χ2v) is 8.72. The molecule has 1 aromatic heterocycles. The minimum Gasteiger partial charge on any atom is -0.365 e. The second kappa shape index (κ2) is 8.81. The van der Waals surface area contributed by atoms with Crippen molar-refractivity contribution in [3.8, 4) is 0 Å². The van der Waals surface area contributed by atoms with Gasteiger partial charge in [-0.3, -0.25) is 14.5 Å². The molecule has 5 nitrogen and oxygen atoms in total. The van der Waals surface area contributed by atoms with E-state index in [4.69, 9.17) is 5.73 Å². The zero-order valence-electron chi connectivity index (χ0n) is 16.9. The number of hydrogen-bond donors (Lipinski definition) is 2. The first-order valence-electron chi connectivity index (χ1n) is 10.1. The first-order valence-corrected chi connectivity index (χ1v) is 10.9. The fourth-order valence-corrected chi connectivity index (χ4v) is 5.52. The third-order valence-electron chi connectivity index (χ3n) is 5.49. The predicted octanol–water partition coefficient (Wildman–Crippen LogP) is 4.00. The molecule has 0 unspecified atom stereocenters. The average molecular weight is 420 g/mol. The van der Waals surface area contributed by atoms with Crippen LogP contribution in [-0.4, -0.2) is 30.3 Å². The van der Waals surface area contributed by atoms with Gasteiger partial charge in [-0.25, -0.2) is 0 Å². The molecule has 0 radical (unpaired) electrons. The molecule has 1 aliphatic rings. The van der Waals surface area contributed by atoms with E-state index in [2.05, 4.69) is 29.6 Å². The highest BCUT2D eigenvalue weighted by Crippen LogP contribution is 2.39. The van der Waals surface area contributed by atoms with Gasteiger partial charge < -0.3 is 11.1 Å². The smallest absolute Gasteiger partial charge is 0.251 e. The highest BCUT2D eigenvalue weighted by molar-refractivity contribution is 7.17. The molecule has 3 aromatic rings. The molecule has 154 valence electrons. The highest BCUT2D eigenvalue weighted by atomic mass is 32.1. The summed E-state index contributed by atoms with van der Waals surface area (Å²) in [6, 6.07) is 20.2. The van der Waals surface area contributed by atoms with Crippen molar-refractivity contribution in [3.05, 3.63) is 87.8 Å². The van der Waals surface area contributed by atoms with E-state index in [-0.39, 0.29) is 18.5 Å². The summed E-state index contributed by atoms with van der Waals surface area (Å²) in [4.78, 5) is 28.1. The number of fused-ring (bicyclic) bond motifs is 1. The highest BCUT2D eigenvalue weighted by Gasteiger charge is 2.27. The Bertz CT molecular complexity index is 1010. The lowest BCUT2D eigenvalue weighted by molar-refractivity contribution is -0.117. The number of anilines is 1. The number of rotatable bonds is 7. The number of nitrogens with zero attached hydrogens (tertiary/aromatic N) is 1. The SMILES string of the molecule is CN(CC(=O)Nc1sc2c(c1C(N)=O)CCC2)C(c1ccccc1)c1ccccc1. The van der Waals surface area contributed by atoms with Crippen LogP contribution in [0.4, 0.5) is 5.00 Å². The molecule has 0 saturated heterocycles. The first-order chi connectivity index (χ1) is 14.5. The second-order valence-electron chi connectivity index (χ2n) is 7.61. The average Bonchev–Trinajstić information content (AvgIpc) is 3.30. The number of nitrogens with one attached hydrogen (secondary N) is 1. The monoisotopic (exact) mass is 419 g/mol. The van der Waals surface area contributed by atoms with E-state index in [0.717, 1.165) is 36.0 Å². The molecule has 1 aliphatic carbocycles. The molecule has 1 heterocycles. The van der Waals surface area contributed by atoms with Gasteiger partial charge >= 0.3 is 0 Å². The summed E-state index contributed by atoms with van der Waals surface area (Å²) in [5, 5.41) is 3.53. The molecule has 30 heavy (non-hydrogen) atoms. The molecule has 0 bridgehead atoms. The van der Waals surface area contributed by atoms with Gasteiger partial charge in [-0.05, 0) is 43.0 Å². The standard InChI is InChI=1S/C24H25N3O2S/c1-27(22(16-9-4-2-5-10-16)17-11-6-3-7-12-17)15-20(28)26-24-21(23(25)29)18-13-8-14-19(18)30-24/h2-7,9-12,22H,8,13-15H2,1H3,(H2,25,29)(H,26,28). The Kier molecular flexibility index (Phi) is 5.97. The van der Waals surface area contributed by atoms with Crippen LogP contribution in [0.3, 0.4) is 0 Å². The summed E-state index contributed by atoms with van der Waals surface area (Å²) >= 11 is 1.48. The number of carbonyl (C=O) groups excluding carboxylic acids is 2. The first kappa shape index (κ1) is 20.3. The summed E-state index contributed by atoms with van der Waals surface area (Å²) in [5.41, 5.74) is 9.36. The van der Waals surface area contributed by atoms with Gasteiger partial charge in [-0.2, -0.15) is 0 Å². The van der Waals surface area contributed by atoms with E-state index in [1.807, 2.05) is 48.3 Å². The lowest BCUT2D eigenvalue weighted by Gasteiger charge is -2.28. The van der Waals surface area contributed by atoms with Gasteiger partial charge in [-0.1, -0.05) is 60.7 Å². The molecule has 0 saturated carbocycles. The van der Waals surface area contributed by atoms with E-state index in [0.29, 0.717) is 10.6 Å². The number of primary amides is 1. The summed E-state index contributed by atoms with van der Waals surface area (Å²) < 4.78 is 0. The van der Waals surface area contributed by atoms with Crippen LogP contribution >= 0.6 is 11.3 Å². The molecule has 0 aliphatic heterocycles. The minimum absolute atomic E-state index is 0.0536. The van der Waals surface area contributed by atoms with Crippen molar-refractivity contribution in [1.29, 1.82) is 0 Å². The topological polar surface area (TPSA) is 75.4 Å². The van der Waals surface area contributed by atoms with Crippen molar-refractivity contribution in [2.24, 2.45) is 5.73 Å². The van der Waals surface area contributed by atoms with Crippen LogP contribution in [0.5, 0.6) is 0 Å². The maximum Gasteiger partial charge on any atom is 0.251 e. The molecule has 2 aromatic carbocycles. The third-order valence-corrected chi connectivity index (χ3v) is 6.69. The Balaban J connectivity index is 1.54. The predicted molar refractivity (Wildman–Crippen MR) is 121 cm³/mol. The summed E-state index contributed by atoms with van der Waals surface area (Å²) in [5.74, 6) is -0.624. The van der Waals surface area contributed by atoms with Crippen molar-refractivity contribution in [2.75, 3.05) is 18.9 Å². The number of amides is 2. The van der Waals surface area contributed by atoms with Crippen molar-refractivity contribution in [1.82, 2.24) is 4.90 Å². The fraction of sp³-hybridized carbons (Fsp3) is 0.250. The molecule has 0 fully saturated rings. The maximum atomic E-state index is 12.9. The van der Waals surface area contributed by atoms with Crippen molar-refractivity contribution >= 4 is 28.2 Å². The number of likely N-dealkylation sites (N-methyl/N-ethyl adjacent to an activating group) is 1. The minimum atomic E-state index is -0.468. The Morgan fingerprint density at radius 1 is 1.03 bits per heavy atom. The Hall–Kier alpha value is -2.96. The van der Waals surface area contributed by atoms with Gasteiger partial charge in [0, 0.05) is 4.88 Å². The lowest BCUT2D eigenvalue weighted by atomic mass is 9.97. The van der Waals surface area contributed by atoms with Gasteiger partial charge in [0.25, 0.3) is 5.91 Å². The number of carbonyl (C=O) groups is 2. The summed E-state index contributed by atoms with van der Waals surface area (Å²) in [6.07, 6.45) is 2.83. The number of aryl methyl sites for hydroxylation is 1. The molecule has 2 amide bonds. The Morgan fingerprint density at radius 3 is 2.20 bits per heavy atom. The van der Waals surface area contributed by atoms with Crippen LogP contribution in [-0.2, 0) is 17.6 Å². The third kappa shape index (κ3) is 4.15. The number of nitrogens with two attached hydrogens (primary N) is 1. The van der Waals surface area contributed by atoms with Gasteiger partial charge in [0.15, 0.2) is 0 Å². The summed E-state index contributed by atoms with van der Waals surface area (Å²) in [6.45, 7) is 0.190. The van der Waals surface area contributed by atoms with Crippen LogP contribution in [0.15, 0.2) is 60.7 Å². The molecule has 4 rings (SSSR count). The van der Waals surface area contributed by atoms with Crippen LogP contribution in [0.1, 0.15) is 44.4 Å². The maximum absolute atomic E-state index is 12.9. The molecule has 0 spiro atoms. The van der Waals surface area contributed by atoms with Gasteiger partial charge in [0.1, 0.15) is 5.00 Å². The van der Waals surface area contributed by atoms with Crippen molar-refractivity contribution in [3.63, 3.8) is 0 Å². The van der Waals surface area contributed by atoms with E-state index < -0.39 is 5.91 Å². The van der Waals surface area contributed by atoms with E-state index in [9.17, 15) is 9.59 Å². The van der Waals surface area contributed by atoms with E-state index >= 15 is 0 Å². The lowest BCUT2D eigenvalue weighted by Crippen LogP contribution is -2.34. The quantitative estimate of drug-likeness (QED) is 0.608. The molecular weight excluding hydrogens is 394 g/mol. The van der Waals surface area contributed by atoms with Crippen LogP contribution < -0.4 is 11.1 Å². The van der Waals surface area contributed by atoms with Crippen LogP contribution in [0.25, 0.3) is 0 Å². The fourth-order valence-electron chi connectivity index (χ4n) is 4.21. The normalized spacial score (nSPS) is 12.9.